The van der Waals surface area contributed by atoms with Crippen LogP contribution >= 0.6 is 0 Å². The van der Waals surface area contributed by atoms with Crippen LogP contribution in [0.4, 0.5) is 5.69 Å². The molecule has 7 heteroatoms. The molecule has 34 heavy (non-hydrogen) atoms. The molecular formula is C27H29N3O4. The largest absolute Gasteiger partial charge is 0.456 e. The number of hydrogen-bond donors (Lipinski definition) is 3. The number of fused-ring (bicyclic) bond motifs is 1. The Morgan fingerprint density at radius 2 is 1.85 bits per heavy atom. The van der Waals surface area contributed by atoms with E-state index in [9.17, 15) is 15.2 Å². The minimum atomic E-state index is -1.08. The van der Waals surface area contributed by atoms with Crippen molar-refractivity contribution in [2.75, 3.05) is 31.1 Å². The Balaban J connectivity index is 1.55. The molecule has 0 aliphatic carbocycles. The summed E-state index contributed by atoms with van der Waals surface area (Å²) in [6, 6.07) is 18.2. The van der Waals surface area contributed by atoms with Crippen LogP contribution in [0.2, 0.25) is 0 Å². The molecule has 2 heterocycles. The number of benzene rings is 2. The normalized spacial score (nSPS) is 15.5. The van der Waals surface area contributed by atoms with Crippen molar-refractivity contribution in [2.45, 2.75) is 32.3 Å². The number of aliphatic hydroxyl groups excluding tert-OH is 2. The summed E-state index contributed by atoms with van der Waals surface area (Å²) in [7, 11) is 0. The van der Waals surface area contributed by atoms with Gasteiger partial charge in [-0.05, 0) is 67.3 Å². The van der Waals surface area contributed by atoms with Crippen molar-refractivity contribution in [1.29, 1.82) is 5.26 Å². The Labute approximate surface area is 198 Å². The van der Waals surface area contributed by atoms with E-state index in [4.69, 9.17) is 9.52 Å². The number of piperidine rings is 1. The van der Waals surface area contributed by atoms with Crippen molar-refractivity contribution < 1.29 is 19.4 Å². The molecule has 1 saturated heterocycles. The smallest absolute Gasteiger partial charge is 0.262 e. The molecule has 1 aliphatic heterocycles. The maximum Gasteiger partial charge on any atom is 0.262 e. The van der Waals surface area contributed by atoms with Crippen molar-refractivity contribution >= 4 is 27.9 Å². The lowest BCUT2D eigenvalue weighted by molar-refractivity contribution is -0.117. The lowest BCUT2D eigenvalue weighted by Gasteiger charge is -2.29. The maximum atomic E-state index is 12.3. The van der Waals surface area contributed by atoms with Crippen LogP contribution in [0.15, 0.2) is 58.5 Å². The fraction of sp³-hybridized carbons (Fsp3) is 0.333. The molecule has 176 valence electrons. The summed E-state index contributed by atoms with van der Waals surface area (Å²) in [5.74, 6) is 0.440. The first-order valence-corrected chi connectivity index (χ1v) is 11.6. The number of aliphatic hydroxyl groups is 2. The minimum absolute atomic E-state index is 0.102. The molecule has 3 aromatic rings. The second kappa shape index (κ2) is 10.6. The molecule has 4 rings (SSSR count). The first-order chi connectivity index (χ1) is 16.5. The number of rotatable bonds is 7. The minimum Gasteiger partial charge on any atom is -0.456 e. The van der Waals surface area contributed by atoms with Gasteiger partial charge in [0.1, 0.15) is 23.2 Å². The lowest BCUT2D eigenvalue weighted by atomic mass is 10.0. The Morgan fingerprint density at radius 3 is 2.59 bits per heavy atom. The van der Waals surface area contributed by atoms with E-state index in [0.717, 1.165) is 24.0 Å². The van der Waals surface area contributed by atoms with Crippen LogP contribution in [0.5, 0.6) is 0 Å². The highest BCUT2D eigenvalue weighted by molar-refractivity contribution is 6.04. The number of nitrogens with one attached hydrogen (secondary N) is 1. The van der Waals surface area contributed by atoms with Gasteiger partial charge in [-0.1, -0.05) is 18.2 Å². The fourth-order valence-electron chi connectivity index (χ4n) is 4.22. The van der Waals surface area contributed by atoms with Gasteiger partial charge in [-0.25, -0.2) is 0 Å². The highest BCUT2D eigenvalue weighted by Gasteiger charge is 2.18. The molecule has 0 saturated carbocycles. The number of allylic oxidation sites excluding steroid dienone is 1. The summed E-state index contributed by atoms with van der Waals surface area (Å²) >= 11 is 0. The molecule has 1 atom stereocenters. The quantitative estimate of drug-likeness (QED) is 0.366. The molecule has 3 N–H and O–H groups in total. The van der Waals surface area contributed by atoms with E-state index in [2.05, 4.69) is 40.5 Å². The molecule has 1 amide bonds. The summed E-state index contributed by atoms with van der Waals surface area (Å²) in [5, 5.41) is 32.5. The number of nitriles is 1. The van der Waals surface area contributed by atoms with E-state index in [1.165, 1.54) is 30.3 Å². The third kappa shape index (κ3) is 5.14. The summed E-state index contributed by atoms with van der Waals surface area (Å²) in [4.78, 5) is 14.8. The molecule has 0 bridgehead atoms. The zero-order valence-electron chi connectivity index (χ0n) is 19.3. The molecule has 0 spiro atoms. The fourth-order valence-corrected chi connectivity index (χ4v) is 4.22. The summed E-state index contributed by atoms with van der Waals surface area (Å²) in [6.45, 7) is 3.24. The molecule has 1 aromatic heterocycles. The van der Waals surface area contributed by atoms with Crippen LogP contribution in [0.3, 0.4) is 0 Å². The third-order valence-electron chi connectivity index (χ3n) is 6.23. The van der Waals surface area contributed by atoms with E-state index < -0.39 is 18.6 Å². The molecule has 1 fully saturated rings. The lowest BCUT2D eigenvalue weighted by Crippen LogP contribution is -2.34. The highest BCUT2D eigenvalue weighted by Crippen LogP contribution is 2.31. The number of anilines is 1. The zero-order valence-corrected chi connectivity index (χ0v) is 19.3. The Kier molecular flexibility index (Phi) is 7.31. The summed E-state index contributed by atoms with van der Waals surface area (Å²) in [5.41, 5.74) is 2.47. The monoisotopic (exact) mass is 459 g/mol. The zero-order chi connectivity index (χ0) is 24.1. The van der Waals surface area contributed by atoms with E-state index >= 15 is 0 Å². The van der Waals surface area contributed by atoms with E-state index in [1.54, 1.807) is 13.0 Å². The molecule has 1 unspecified atom stereocenters. The standard InChI is InChI=1S/C27H29N3O4/c1-18(24(15-28)27(33)29-16-23(32)17-31)25-9-10-26(34-25)21-6-5-20-14-22(8-7-19(20)13-21)30-11-3-2-4-12-30/h5-10,13-14,23,31-32H,2-4,11-12,16-17H2,1H3,(H,29,33). The van der Waals surface area contributed by atoms with Gasteiger partial charge in [0.25, 0.3) is 5.91 Å². The van der Waals surface area contributed by atoms with Gasteiger partial charge in [-0.3, -0.25) is 4.79 Å². The number of carbonyl (C=O) groups is 1. The van der Waals surface area contributed by atoms with Crippen LogP contribution in [-0.4, -0.2) is 48.5 Å². The predicted molar refractivity (Wildman–Crippen MR) is 132 cm³/mol. The first kappa shape index (κ1) is 23.6. The van der Waals surface area contributed by atoms with Crippen LogP contribution in [0.25, 0.3) is 27.7 Å². The van der Waals surface area contributed by atoms with Crippen LogP contribution in [-0.2, 0) is 4.79 Å². The van der Waals surface area contributed by atoms with Crippen molar-refractivity contribution in [2.24, 2.45) is 0 Å². The Bertz CT molecular complexity index is 1250. The topological polar surface area (TPSA) is 110 Å². The van der Waals surface area contributed by atoms with Crippen LogP contribution < -0.4 is 10.2 Å². The number of amides is 1. The molecule has 2 aromatic carbocycles. The Morgan fingerprint density at radius 1 is 1.12 bits per heavy atom. The molecule has 0 radical (unpaired) electrons. The molecular weight excluding hydrogens is 430 g/mol. The third-order valence-corrected chi connectivity index (χ3v) is 6.23. The van der Waals surface area contributed by atoms with Gasteiger partial charge in [0.05, 0.1) is 12.7 Å². The summed E-state index contributed by atoms with van der Waals surface area (Å²) < 4.78 is 5.99. The van der Waals surface area contributed by atoms with E-state index in [-0.39, 0.29) is 12.1 Å². The van der Waals surface area contributed by atoms with Gasteiger partial charge < -0.3 is 24.8 Å². The second-order valence-electron chi connectivity index (χ2n) is 8.62. The van der Waals surface area contributed by atoms with Crippen molar-refractivity contribution in [1.82, 2.24) is 5.32 Å². The second-order valence-corrected chi connectivity index (χ2v) is 8.62. The first-order valence-electron chi connectivity index (χ1n) is 11.6. The van der Waals surface area contributed by atoms with Crippen LogP contribution in [0.1, 0.15) is 31.9 Å². The predicted octanol–water partition coefficient (Wildman–Crippen LogP) is 3.86. The van der Waals surface area contributed by atoms with Crippen molar-refractivity contribution in [3.63, 3.8) is 0 Å². The average Bonchev–Trinajstić information content (AvgIpc) is 3.38. The van der Waals surface area contributed by atoms with Gasteiger partial charge in [0, 0.05) is 36.5 Å². The molecule has 1 aliphatic rings. The van der Waals surface area contributed by atoms with Gasteiger partial charge in [-0.15, -0.1) is 0 Å². The van der Waals surface area contributed by atoms with Gasteiger partial charge >= 0.3 is 0 Å². The average molecular weight is 460 g/mol. The maximum absolute atomic E-state index is 12.3. The Hall–Kier alpha value is -3.60. The van der Waals surface area contributed by atoms with Gasteiger partial charge in [0.2, 0.25) is 0 Å². The number of nitrogens with zero attached hydrogens (tertiary/aromatic N) is 2. The highest BCUT2D eigenvalue weighted by atomic mass is 16.3. The van der Waals surface area contributed by atoms with Crippen molar-refractivity contribution in [3.05, 3.63) is 59.9 Å². The SMILES string of the molecule is CC(=C(C#N)C(=O)NCC(O)CO)c1ccc(-c2ccc3cc(N4CCCCC4)ccc3c2)o1. The molecule has 7 nitrogen and oxygen atoms in total. The number of carbonyl (C=O) groups excluding carboxylic acids is 1. The van der Waals surface area contributed by atoms with E-state index in [0.29, 0.717) is 17.1 Å². The van der Waals surface area contributed by atoms with Gasteiger partial charge in [-0.2, -0.15) is 5.26 Å². The number of hydrogen-bond acceptors (Lipinski definition) is 6. The van der Waals surface area contributed by atoms with E-state index in [1.807, 2.05) is 18.2 Å². The number of furan rings is 1. The summed E-state index contributed by atoms with van der Waals surface area (Å²) in [6.07, 6.45) is 2.71. The van der Waals surface area contributed by atoms with Gasteiger partial charge in [0.15, 0.2) is 0 Å². The van der Waals surface area contributed by atoms with Crippen molar-refractivity contribution in [3.8, 4) is 17.4 Å². The van der Waals surface area contributed by atoms with Crippen LogP contribution in [0, 0.1) is 11.3 Å².